The fourth-order valence-electron chi connectivity index (χ4n) is 10.6. The summed E-state index contributed by atoms with van der Waals surface area (Å²) in [5.74, 6) is -3.44. The number of methoxy groups -OCH3 is 1. The molecule has 1 atom stereocenters. The summed E-state index contributed by atoms with van der Waals surface area (Å²) in [7, 11) is 15.1. The molecule has 9 rings (SSSR count). The van der Waals surface area contributed by atoms with Gasteiger partial charge in [-0.1, -0.05) is 0 Å². The van der Waals surface area contributed by atoms with Crippen molar-refractivity contribution < 1.29 is 57.4 Å². The molecule has 1 aromatic carbocycles. The van der Waals surface area contributed by atoms with Gasteiger partial charge in [0.25, 0.3) is 41.4 Å². The van der Waals surface area contributed by atoms with Gasteiger partial charge in [-0.2, -0.15) is 0 Å². The van der Waals surface area contributed by atoms with Crippen LogP contribution in [0.5, 0.6) is 11.5 Å². The molecule has 0 aliphatic carbocycles. The largest absolute Gasteiger partial charge is 0.493 e. The molecule has 0 spiro atoms. The number of hydrogen-bond donors (Lipinski definition) is 9. The van der Waals surface area contributed by atoms with E-state index in [-0.39, 0.29) is 109 Å². The number of aromatic nitrogens is 8. The number of imidazole rings is 2. The highest BCUT2D eigenvalue weighted by Crippen LogP contribution is 2.38. The number of rotatable bonds is 28. The van der Waals surface area contributed by atoms with Crippen molar-refractivity contribution >= 4 is 105 Å². The third kappa shape index (κ3) is 16.6. The van der Waals surface area contributed by atoms with Crippen LogP contribution in [0.2, 0.25) is 0 Å². The van der Waals surface area contributed by atoms with Gasteiger partial charge in [0.05, 0.1) is 53.8 Å². The summed E-state index contributed by atoms with van der Waals surface area (Å²) in [5.41, 5.74) is 3.10. The Morgan fingerprint density at radius 1 is 0.521 bits per heavy atom. The summed E-state index contributed by atoms with van der Waals surface area (Å²) in [6.45, 7) is 2.03. The number of aryl methyl sites for hydroxylation is 6. The minimum absolute atomic E-state index is 0.00166. The lowest BCUT2D eigenvalue weighted by Crippen LogP contribution is -2.35. The Kier molecular flexibility index (Phi) is 21.2. The number of carbonyl (C=O) groups excluding carboxylic acids is 10. The van der Waals surface area contributed by atoms with Crippen LogP contribution in [0.25, 0.3) is 0 Å². The molecular formula is C62H76N20O12. The van der Waals surface area contributed by atoms with Gasteiger partial charge in [0.15, 0.2) is 23.1 Å². The molecule has 7 aromatic rings. The average Bonchev–Trinajstić information content (AvgIpc) is 1.56. The van der Waals surface area contributed by atoms with Crippen molar-refractivity contribution in [2.45, 2.75) is 51.0 Å². The van der Waals surface area contributed by atoms with E-state index in [1.54, 1.807) is 77.5 Å². The molecule has 2 aliphatic rings. The summed E-state index contributed by atoms with van der Waals surface area (Å²) in [4.78, 5) is 148. The van der Waals surface area contributed by atoms with Crippen LogP contribution >= 0.6 is 0 Å². The normalized spacial score (nSPS) is 13.1. The van der Waals surface area contributed by atoms with Crippen LogP contribution in [0.1, 0.15) is 118 Å². The van der Waals surface area contributed by atoms with E-state index in [4.69, 9.17) is 9.47 Å². The van der Waals surface area contributed by atoms with Crippen molar-refractivity contribution in [2.75, 3.05) is 92.4 Å². The summed E-state index contributed by atoms with van der Waals surface area (Å²) in [6, 6.07) is 9.20. The summed E-state index contributed by atoms with van der Waals surface area (Å²) in [5, 5.41) is 24.5. The number of carbonyl (C=O) groups is 10. The standard InChI is InChI=1S/C62H76N20O12/c1-75(2)20-12-17-63-56(86)43-25-38(32-77(43)4)69-61(91)55-74-50(35-81(55)8)72-53(85)16-19-65-57(87)44-24-37(31-76(44)3)68-59(89)46-23-36(30-79(46)6)67-52(84)15-18-64-58(88)45-26-39(33-78(45)5)70-60(90)54-73-49(34-80(54)7)71-51(83)14-11-22-94-48-28-42-41(27-47(48)93-9)62(92)82-21-10-13-40(82)29-66-42/h23-35,40H,10-22H2,1-9H3,(H,63,86)(H,64,88)(H,65,87)(H,67,84)(H,68,89)(H,69,91)(H,70,90)(H,71,83)(H,72,85)/t40-/m0/s1. The van der Waals surface area contributed by atoms with Gasteiger partial charge >= 0.3 is 0 Å². The Labute approximate surface area is 539 Å². The van der Waals surface area contributed by atoms with Crippen molar-refractivity contribution in [3.63, 3.8) is 0 Å². The maximum atomic E-state index is 13.4. The highest BCUT2D eigenvalue weighted by Gasteiger charge is 2.33. The average molecular weight is 1290 g/mol. The maximum absolute atomic E-state index is 13.4. The zero-order chi connectivity index (χ0) is 67.5. The van der Waals surface area contributed by atoms with E-state index in [2.05, 4.69) is 62.8 Å². The van der Waals surface area contributed by atoms with Crippen molar-refractivity contribution in [2.24, 2.45) is 47.3 Å². The number of nitrogens with one attached hydrogen (secondary N) is 9. The zero-order valence-corrected chi connectivity index (χ0v) is 53.6. The number of nitrogens with zero attached hydrogens (tertiary/aromatic N) is 11. The van der Waals surface area contributed by atoms with E-state index < -0.39 is 41.4 Å². The topological polar surface area (TPSA) is 372 Å². The second-order valence-corrected chi connectivity index (χ2v) is 22.9. The minimum atomic E-state index is -0.610. The van der Waals surface area contributed by atoms with Gasteiger partial charge in [0.2, 0.25) is 29.4 Å². The number of ether oxygens (including phenoxy) is 2. The number of amides is 10. The zero-order valence-electron chi connectivity index (χ0n) is 53.6. The van der Waals surface area contributed by atoms with Crippen molar-refractivity contribution in [3.8, 4) is 11.5 Å². The molecule has 94 heavy (non-hydrogen) atoms. The molecule has 0 saturated carbocycles. The summed E-state index contributed by atoms with van der Waals surface area (Å²) >= 11 is 0. The van der Waals surface area contributed by atoms with Crippen LogP contribution in [0, 0.1) is 0 Å². The number of fused-ring (bicyclic) bond motifs is 2. The maximum Gasteiger partial charge on any atom is 0.291 e. The van der Waals surface area contributed by atoms with Crippen molar-refractivity contribution in [3.05, 3.63) is 114 Å². The van der Waals surface area contributed by atoms with E-state index in [0.717, 1.165) is 25.8 Å². The molecule has 2 aliphatic heterocycles. The van der Waals surface area contributed by atoms with E-state index >= 15 is 0 Å². The predicted molar refractivity (Wildman–Crippen MR) is 347 cm³/mol. The first-order valence-electron chi connectivity index (χ1n) is 30.2. The smallest absolute Gasteiger partial charge is 0.291 e. The molecule has 32 heteroatoms. The molecule has 496 valence electrons. The predicted octanol–water partition coefficient (Wildman–Crippen LogP) is 3.59. The summed E-state index contributed by atoms with van der Waals surface area (Å²) < 4.78 is 20.5. The first-order valence-corrected chi connectivity index (χ1v) is 30.2. The van der Waals surface area contributed by atoms with Gasteiger partial charge in [-0.05, 0) is 76.7 Å². The number of hydrogen-bond acceptors (Lipinski definition) is 16. The van der Waals surface area contributed by atoms with E-state index in [9.17, 15) is 47.9 Å². The molecule has 0 bridgehead atoms. The van der Waals surface area contributed by atoms with Gasteiger partial charge in [-0.15, -0.1) is 0 Å². The Bertz CT molecular complexity index is 4100. The fourth-order valence-corrected chi connectivity index (χ4v) is 10.6. The highest BCUT2D eigenvalue weighted by molar-refractivity contribution is 6.07. The highest BCUT2D eigenvalue weighted by atomic mass is 16.5. The van der Waals surface area contributed by atoms with Crippen molar-refractivity contribution in [1.82, 2.24) is 63.1 Å². The third-order valence-corrected chi connectivity index (χ3v) is 15.3. The lowest BCUT2D eigenvalue weighted by molar-refractivity contribution is -0.117. The molecule has 9 N–H and O–H groups in total. The molecule has 10 amide bonds. The van der Waals surface area contributed by atoms with Crippen LogP contribution in [0.4, 0.5) is 40.1 Å². The Balaban J connectivity index is 0.662. The second-order valence-electron chi connectivity index (χ2n) is 22.9. The van der Waals surface area contributed by atoms with E-state index in [1.807, 2.05) is 23.9 Å². The van der Waals surface area contributed by atoms with Gasteiger partial charge < -0.3 is 94.5 Å². The van der Waals surface area contributed by atoms with Crippen LogP contribution < -0.4 is 57.3 Å². The monoisotopic (exact) mass is 1290 g/mol. The van der Waals surface area contributed by atoms with Crippen LogP contribution in [0.15, 0.2) is 78.6 Å². The van der Waals surface area contributed by atoms with E-state index in [1.165, 1.54) is 79.1 Å². The third-order valence-electron chi connectivity index (χ3n) is 15.3. The minimum Gasteiger partial charge on any atom is -0.493 e. The molecule has 1 fully saturated rings. The quantitative estimate of drug-likeness (QED) is 0.0317. The van der Waals surface area contributed by atoms with Gasteiger partial charge in [0.1, 0.15) is 22.8 Å². The van der Waals surface area contributed by atoms with Gasteiger partial charge in [-0.3, -0.25) is 52.9 Å². The first kappa shape index (κ1) is 67.1. The molecule has 0 unspecified atom stereocenters. The Morgan fingerprint density at radius 3 is 1.48 bits per heavy atom. The fraction of sp³-hybridized carbons (Fsp3) is 0.371. The molecule has 8 heterocycles. The van der Waals surface area contributed by atoms with Gasteiger partial charge in [0, 0.05) is 137 Å². The number of benzene rings is 1. The second kappa shape index (κ2) is 29.8. The SMILES string of the molecule is COc1cc2c(cc1OCCCC(=O)Nc1cn(C)c(C(=O)Nc3cc(C(=O)NCCC(=O)Nc4cc(C(=O)Nc5cc(C(=O)NCCC(=O)Nc6cn(C)c(C(=O)Nc7cc(C(=O)NCCCN(C)C)n(C)c7)n6)n(C)c5)n(C)c4)n(C)c3)n1)N=C[C@@H]1CCCN1C2=O. The van der Waals surface area contributed by atoms with Crippen molar-refractivity contribution in [1.29, 1.82) is 0 Å². The Morgan fingerprint density at radius 2 is 0.979 bits per heavy atom. The molecule has 0 radical (unpaired) electrons. The summed E-state index contributed by atoms with van der Waals surface area (Å²) in [6.07, 6.45) is 13.6. The molecular weight excluding hydrogens is 1220 g/mol. The first-order chi connectivity index (χ1) is 44.9. The van der Waals surface area contributed by atoms with Crippen LogP contribution in [-0.2, 0) is 56.7 Å². The van der Waals surface area contributed by atoms with Crippen LogP contribution in [0.3, 0.4) is 0 Å². The lowest BCUT2D eigenvalue weighted by atomic mass is 10.1. The molecule has 32 nitrogen and oxygen atoms in total. The lowest BCUT2D eigenvalue weighted by Gasteiger charge is -2.20. The molecule has 1 saturated heterocycles. The van der Waals surface area contributed by atoms with E-state index in [0.29, 0.717) is 65.0 Å². The van der Waals surface area contributed by atoms with Gasteiger partial charge in [-0.25, -0.2) is 9.97 Å². The number of aliphatic imine (C=N–C) groups is 1. The van der Waals surface area contributed by atoms with Crippen LogP contribution in [-0.4, -0.2) is 179 Å². The number of anilines is 6. The molecule has 6 aromatic heterocycles. The Hall–Kier alpha value is -11.3.